The molecule has 0 aliphatic carbocycles. The van der Waals surface area contributed by atoms with Crippen molar-refractivity contribution in [2.24, 2.45) is 0 Å². The maximum absolute atomic E-state index is 3.58. The zero-order valence-electron chi connectivity index (χ0n) is 5.74. The number of hydrogen-bond donors (Lipinski definition) is 0. The third kappa shape index (κ3) is 5.78. The van der Waals surface area contributed by atoms with E-state index in [4.69, 9.17) is 0 Å². The van der Waals surface area contributed by atoms with E-state index in [1.807, 2.05) is 0 Å². The van der Waals surface area contributed by atoms with Crippen molar-refractivity contribution in [3.05, 3.63) is 0 Å². The standard InChI is InChI=1S/C4H13Br2NSi2/c1-2-3-4-7(8-5)9-6/h2-4,8-9H2,1H3. The molecule has 5 heteroatoms. The van der Waals surface area contributed by atoms with E-state index >= 15 is 0 Å². The number of hydrogen-bond acceptors (Lipinski definition) is 1. The fraction of sp³-hybridized carbons (Fsp3) is 1.00. The monoisotopic (exact) mass is 289 g/mol. The van der Waals surface area contributed by atoms with Crippen LogP contribution < -0.4 is 0 Å². The fourth-order valence-electron chi connectivity index (χ4n) is 0.533. The summed E-state index contributed by atoms with van der Waals surface area (Å²) in [7, 11) is -0.0633. The van der Waals surface area contributed by atoms with Gasteiger partial charge in [-0.15, -0.1) is 30.6 Å². The Morgan fingerprint density at radius 3 is 2.22 bits per heavy atom. The minimum atomic E-state index is -0.0317. The molecule has 0 bridgehead atoms. The Kier molecular flexibility index (Phi) is 8.58. The smallest absolute Gasteiger partial charge is 0.164 e. The van der Waals surface area contributed by atoms with Crippen LogP contribution in [-0.4, -0.2) is 27.4 Å². The van der Waals surface area contributed by atoms with Gasteiger partial charge in [0.05, 0.1) is 0 Å². The van der Waals surface area contributed by atoms with Gasteiger partial charge in [-0.2, -0.15) is 0 Å². The second kappa shape index (κ2) is 7.46. The van der Waals surface area contributed by atoms with Crippen molar-refractivity contribution >= 4 is 47.2 Å². The van der Waals surface area contributed by atoms with Gasteiger partial charge >= 0.3 is 0 Å². The molecule has 56 valence electrons. The zero-order valence-corrected chi connectivity index (χ0v) is 11.7. The summed E-state index contributed by atoms with van der Waals surface area (Å²) in [6.07, 6.45) is 2.68. The molecule has 0 aliphatic heterocycles. The van der Waals surface area contributed by atoms with Gasteiger partial charge in [0.2, 0.25) is 0 Å². The Hall–Kier alpha value is 1.35. The van der Waals surface area contributed by atoms with Crippen molar-refractivity contribution in [2.45, 2.75) is 19.8 Å². The normalized spacial score (nSPS) is 13.3. The van der Waals surface area contributed by atoms with Crippen LogP contribution in [0.3, 0.4) is 0 Å². The highest BCUT2D eigenvalue weighted by molar-refractivity contribution is 9.24. The highest BCUT2D eigenvalue weighted by Gasteiger charge is 1.97. The number of unbranched alkanes of at least 4 members (excludes halogenated alkanes) is 1. The van der Waals surface area contributed by atoms with E-state index in [2.05, 4.69) is 41.7 Å². The second-order valence-corrected chi connectivity index (χ2v) is 8.16. The molecule has 0 fully saturated rings. The van der Waals surface area contributed by atoms with Crippen molar-refractivity contribution in [1.29, 1.82) is 0 Å². The lowest BCUT2D eigenvalue weighted by Crippen LogP contribution is -2.26. The summed E-state index contributed by atoms with van der Waals surface area (Å²) in [6, 6.07) is 0. The molecule has 0 heterocycles. The van der Waals surface area contributed by atoms with Gasteiger partial charge in [0, 0.05) is 0 Å². The van der Waals surface area contributed by atoms with Gasteiger partial charge < -0.3 is 4.23 Å². The summed E-state index contributed by atoms with van der Waals surface area (Å²) >= 11 is 7.15. The molecule has 0 radical (unpaired) electrons. The second-order valence-electron chi connectivity index (χ2n) is 1.99. The third-order valence-corrected chi connectivity index (χ3v) is 12.0. The molecule has 0 spiro atoms. The van der Waals surface area contributed by atoms with E-state index in [9.17, 15) is 0 Å². The van der Waals surface area contributed by atoms with Crippen LogP contribution in [0.25, 0.3) is 0 Å². The van der Waals surface area contributed by atoms with Crippen LogP contribution >= 0.6 is 30.6 Å². The van der Waals surface area contributed by atoms with Gasteiger partial charge in [-0.1, -0.05) is 13.3 Å². The maximum Gasteiger partial charge on any atom is 0.164 e. The molecule has 0 aromatic heterocycles. The fourth-order valence-corrected chi connectivity index (χ4v) is 10.5. The summed E-state index contributed by atoms with van der Waals surface area (Å²) in [6.45, 7) is 3.55. The number of nitrogens with zero attached hydrogens (tertiary/aromatic N) is 1. The molecule has 0 aromatic carbocycles. The summed E-state index contributed by atoms with van der Waals surface area (Å²) in [4.78, 5) is 0. The first-order chi connectivity index (χ1) is 4.35. The highest BCUT2D eigenvalue weighted by Crippen LogP contribution is 1.95. The molecule has 0 aromatic rings. The lowest BCUT2D eigenvalue weighted by atomic mass is 10.3. The topological polar surface area (TPSA) is 3.24 Å². The van der Waals surface area contributed by atoms with Crippen molar-refractivity contribution < 1.29 is 0 Å². The molecule has 0 aliphatic rings. The predicted octanol–water partition coefficient (Wildman–Crippen LogP) is 0.876. The van der Waals surface area contributed by atoms with E-state index in [0.717, 1.165) is 0 Å². The molecule has 0 amide bonds. The highest BCUT2D eigenvalue weighted by atomic mass is 79.9. The first-order valence-corrected chi connectivity index (χ1v) is 12.3. The molecule has 0 saturated heterocycles. The number of rotatable bonds is 5. The van der Waals surface area contributed by atoms with Crippen LogP contribution in [0, 0.1) is 0 Å². The van der Waals surface area contributed by atoms with Gasteiger partial charge in [0.1, 0.15) is 0 Å². The molecule has 0 unspecified atom stereocenters. The SMILES string of the molecule is CCCCN([SiH2]Br)[SiH2]Br. The minimum absolute atomic E-state index is 0.0317. The van der Waals surface area contributed by atoms with Gasteiger partial charge in [0.15, 0.2) is 16.6 Å². The van der Waals surface area contributed by atoms with Crippen LogP contribution in [0.5, 0.6) is 0 Å². The zero-order chi connectivity index (χ0) is 7.11. The molecular formula is C4H13Br2NSi2. The van der Waals surface area contributed by atoms with E-state index in [1.54, 1.807) is 0 Å². The molecule has 9 heavy (non-hydrogen) atoms. The molecule has 0 rings (SSSR count). The lowest BCUT2D eigenvalue weighted by Gasteiger charge is -2.14. The Morgan fingerprint density at radius 1 is 1.33 bits per heavy atom. The predicted molar refractivity (Wildman–Crippen MR) is 56.6 cm³/mol. The van der Waals surface area contributed by atoms with E-state index in [0.29, 0.717) is 0 Å². The van der Waals surface area contributed by atoms with Crippen LogP contribution in [0.4, 0.5) is 0 Å². The molecule has 0 saturated carbocycles. The molecule has 0 atom stereocenters. The Morgan fingerprint density at radius 2 is 1.89 bits per heavy atom. The van der Waals surface area contributed by atoms with Gasteiger partial charge in [-0.25, -0.2) is 0 Å². The van der Waals surface area contributed by atoms with Crippen LogP contribution in [0.1, 0.15) is 19.8 Å². The first-order valence-electron chi connectivity index (χ1n) is 3.19. The van der Waals surface area contributed by atoms with Crippen molar-refractivity contribution in [1.82, 2.24) is 4.23 Å². The minimum Gasteiger partial charge on any atom is -0.338 e. The lowest BCUT2D eigenvalue weighted by molar-refractivity contribution is 0.631. The van der Waals surface area contributed by atoms with Crippen molar-refractivity contribution in [3.8, 4) is 0 Å². The Bertz CT molecular complexity index is 60.5. The van der Waals surface area contributed by atoms with E-state index < -0.39 is 0 Å². The first kappa shape index (κ1) is 10.4. The Labute approximate surface area is 77.5 Å². The van der Waals surface area contributed by atoms with Crippen LogP contribution in [0.2, 0.25) is 0 Å². The number of halogens is 2. The molecule has 1 nitrogen and oxygen atoms in total. The summed E-state index contributed by atoms with van der Waals surface area (Å²) in [5.74, 6) is 0. The largest absolute Gasteiger partial charge is 0.338 e. The summed E-state index contributed by atoms with van der Waals surface area (Å²) < 4.78 is 2.57. The van der Waals surface area contributed by atoms with Crippen molar-refractivity contribution in [3.63, 3.8) is 0 Å². The average molecular weight is 291 g/mol. The summed E-state index contributed by atoms with van der Waals surface area (Å²) in [5, 5.41) is 0. The molecular weight excluding hydrogens is 278 g/mol. The van der Waals surface area contributed by atoms with E-state index in [1.165, 1.54) is 19.4 Å². The van der Waals surface area contributed by atoms with Gasteiger partial charge in [-0.05, 0) is 13.0 Å². The van der Waals surface area contributed by atoms with Crippen LogP contribution in [-0.2, 0) is 0 Å². The maximum atomic E-state index is 3.58. The third-order valence-electron chi connectivity index (χ3n) is 1.17. The van der Waals surface area contributed by atoms with Crippen molar-refractivity contribution in [2.75, 3.05) is 6.54 Å². The quantitative estimate of drug-likeness (QED) is 0.537. The van der Waals surface area contributed by atoms with Gasteiger partial charge in [0.25, 0.3) is 0 Å². The Balaban J connectivity index is 3.09. The van der Waals surface area contributed by atoms with Gasteiger partial charge in [-0.3, -0.25) is 0 Å². The van der Waals surface area contributed by atoms with Crippen LogP contribution in [0.15, 0.2) is 0 Å². The summed E-state index contributed by atoms with van der Waals surface area (Å²) in [5.41, 5.74) is 0. The molecule has 0 N–H and O–H groups in total. The van der Waals surface area contributed by atoms with E-state index in [-0.39, 0.29) is 16.6 Å². The average Bonchev–Trinajstić information content (AvgIpc) is 1.91.